The average Bonchev–Trinajstić information content (AvgIpc) is 1.54. The van der Waals surface area contributed by atoms with Crippen molar-refractivity contribution in [3.63, 3.8) is 0 Å². The third-order valence-corrected chi connectivity index (χ3v) is 21.5. The molecule has 0 aliphatic carbocycles. The molecule has 1 amide bonds. The number of aryl methyl sites for hydroxylation is 12. The summed E-state index contributed by atoms with van der Waals surface area (Å²) in [7, 11) is 8.51. The number of rotatable bonds is 21. The standard InChI is InChI=1S/C14H19FN3O2P.C14H18FN3O2.C14H18FN3O.C12H16FO2P.C11H14FO2P.C8H8F.C7H14NO3P.C2H3N3.CH4.BrH.Mg.4H2/c1-9-4-10(2)13(15)5-12(9)14(19,11(3)20-21)6-18-8-16-7-17-18;1-9-4-10(2)13(15)5-12(9)14(20,11(3)19)6-18-8-16-7-17-18;1-9-4-10(2)13(15)5-12(9)14(11(3)19-14)6-17-8-18-7-16;1-7-4-8(2)11(13)5-10(7)12(6-14-12)9(3)15-16;1-6-4-7(2)10(12)5-9(6)11(13)8(3)14-15;1-6-3-4-8(9)7(2)5-6;1-6(11-12)7(9)8-2-4-10-5-3-8;1-3-2-5-4-1;;;;;;;/h4-5,7-8,11,19H,6,21H2,1-3H3;4-5,7-8,11,19-20H,6H2,1-3H3;4-5,7-8,11H,6H2,1-3H3,(H2,16,17,18);4-5,9H,6,16H2,1-3H3;4-5,8H,15H2,1-3H3;4-5H,1-2H3;6H,2-5,12H2,1H3;1-2H,(H,3,4,5);1H4;1H;;4*1H/q;;;;;-1;;;;;+2;;;;/p-1/t11-,14?;11-,14-;11-,14+;9-,12?;8-;;6-;;;;;;;;/m11011.1......../s1/i;;;;;;;;;;;4*1+2. The molecule has 0 saturated carbocycles. The summed E-state index contributed by atoms with van der Waals surface area (Å²) >= 11 is 0. The summed E-state index contributed by atoms with van der Waals surface area (Å²) in [4.78, 5) is 44.1. The van der Waals surface area contributed by atoms with Crippen LogP contribution in [0.2, 0.25) is 0 Å². The molecule has 12 rings (SSSR count). The predicted molar refractivity (Wildman–Crippen MR) is 470 cm³/mol. The molecule has 3 fully saturated rings. The number of nitrogens with one attached hydrogen (secondary N) is 1. The Kier molecular flexibility index (Phi) is 46.8. The van der Waals surface area contributed by atoms with E-state index >= 15 is 0 Å². The molecule has 9 aromatic rings. The molecule has 3 aromatic heterocycles. The number of aromatic nitrogens is 9. The Morgan fingerprint density at radius 2 is 1.09 bits per heavy atom. The van der Waals surface area contributed by atoms with E-state index in [-0.39, 0.29) is 125 Å². The number of halogens is 7. The number of amides is 1. The molecule has 120 heavy (non-hydrogen) atoms. The molecule has 6 heterocycles. The van der Waals surface area contributed by atoms with Crippen LogP contribution >= 0.6 is 37.9 Å². The van der Waals surface area contributed by atoms with Crippen LogP contribution in [0.3, 0.4) is 0 Å². The van der Waals surface area contributed by atoms with Gasteiger partial charge in [0.25, 0.3) is 5.91 Å². The third-order valence-electron chi connectivity index (χ3n) is 19.8. The van der Waals surface area contributed by atoms with E-state index in [1.807, 2.05) is 63.1 Å². The number of aliphatic imine (C=N–C) groups is 2. The van der Waals surface area contributed by atoms with Gasteiger partial charge >= 0.3 is 23.1 Å². The van der Waals surface area contributed by atoms with E-state index in [0.717, 1.165) is 38.9 Å². The molecule has 6 N–H and O–H groups in total. The summed E-state index contributed by atoms with van der Waals surface area (Å²) in [6, 6.07) is 21.6. The number of ketones is 1. The molecular formula is C83H122BrF6MgN13O12P4. The molecule has 37 heteroatoms. The Morgan fingerprint density at radius 1 is 0.642 bits per heavy atom. The van der Waals surface area contributed by atoms with Crippen LogP contribution in [0.25, 0.3) is 0 Å². The monoisotopic (exact) mass is 1840 g/mol. The minimum Gasteiger partial charge on any atom is -1.00 e. The normalized spacial score (nSPS) is 17.7. The number of H-pyrrole nitrogens is 1. The first-order chi connectivity index (χ1) is 55.2. The number of aliphatic hydroxyl groups is 3. The fourth-order valence-electron chi connectivity index (χ4n) is 12.5. The van der Waals surface area contributed by atoms with Gasteiger partial charge in [-0.15, -0.1) is 11.6 Å². The van der Waals surface area contributed by atoms with Crippen LogP contribution in [0.4, 0.5) is 26.3 Å². The van der Waals surface area contributed by atoms with E-state index in [9.17, 15) is 51.3 Å². The zero-order valence-electron chi connectivity index (χ0n) is 70.3. The molecule has 25 nitrogen and oxygen atoms in total. The summed E-state index contributed by atoms with van der Waals surface area (Å²) in [6.45, 7) is 35.7. The largest absolute Gasteiger partial charge is 2.00 e. The van der Waals surface area contributed by atoms with Gasteiger partial charge in [0, 0.05) is 68.0 Å². The number of carbonyl (C=O) groups excluding carboxylic acids is 2. The van der Waals surface area contributed by atoms with E-state index in [0.29, 0.717) is 95.1 Å². The van der Waals surface area contributed by atoms with E-state index in [1.165, 1.54) is 91.2 Å². The van der Waals surface area contributed by atoms with Crippen molar-refractivity contribution in [2.75, 3.05) is 39.5 Å². The van der Waals surface area contributed by atoms with E-state index in [2.05, 4.69) is 79.8 Å². The maximum Gasteiger partial charge on any atom is 2.00 e. The topological polar surface area (TPSA) is 323 Å². The number of benzene rings is 6. The van der Waals surface area contributed by atoms with Gasteiger partial charge < -0.3 is 75.2 Å². The molecule has 0 bridgehead atoms. The Hall–Kier alpha value is -6.83. The quantitative estimate of drug-likeness (QED) is 0.00652. The van der Waals surface area contributed by atoms with Crippen LogP contribution in [0.5, 0.6) is 0 Å². The molecule has 3 aliphatic heterocycles. The second kappa shape index (κ2) is 51.4. The number of hydrogen-bond donors (Lipinski definition) is 5. The van der Waals surface area contributed by atoms with Crippen LogP contribution in [0.1, 0.15) is 154 Å². The van der Waals surface area contributed by atoms with Crippen LogP contribution < -0.4 is 22.7 Å². The van der Waals surface area contributed by atoms with Gasteiger partial charge in [0.1, 0.15) is 108 Å². The number of morpholine rings is 1. The molecule has 14 atom stereocenters. The van der Waals surface area contributed by atoms with Crippen LogP contribution in [-0.2, 0) is 72.6 Å². The fourth-order valence-corrected chi connectivity index (χ4v) is 13.2. The zero-order chi connectivity index (χ0) is 87.4. The number of carbonyl (C=O) groups is 2. The minimum absolute atomic E-state index is 0. The zero-order valence-corrected chi connectivity index (χ0v) is 78.0. The number of hydrogen-bond acceptors (Lipinski definition) is 19. The predicted octanol–water partition coefficient (Wildman–Crippen LogP) is 11.5. The van der Waals surface area contributed by atoms with E-state index < -0.39 is 46.5 Å². The summed E-state index contributed by atoms with van der Waals surface area (Å²) in [6.07, 6.45) is 8.49. The number of nitrogens with zero attached hydrogens (tertiary/aromatic N) is 11. The smallest absolute Gasteiger partial charge is 1.00 e. The van der Waals surface area contributed by atoms with Gasteiger partial charge in [0.15, 0.2) is 5.78 Å². The summed E-state index contributed by atoms with van der Waals surface area (Å²) in [5, 5.41) is 45.8. The van der Waals surface area contributed by atoms with Crippen LogP contribution in [0.15, 0.2) is 121 Å². The number of Topliss-reactive ketones (excluding diaryl/α,β-unsaturated/α-hetero) is 1. The van der Waals surface area contributed by atoms with Gasteiger partial charge in [0.05, 0.1) is 70.2 Å². The van der Waals surface area contributed by atoms with Crippen molar-refractivity contribution >= 4 is 85.3 Å². The van der Waals surface area contributed by atoms with Crippen LogP contribution in [0, 0.1) is 124 Å². The second-order valence-electron chi connectivity index (χ2n) is 28.6. The minimum atomic E-state index is -1.63. The van der Waals surface area contributed by atoms with Crippen molar-refractivity contribution in [2.24, 2.45) is 15.7 Å². The van der Waals surface area contributed by atoms with Gasteiger partial charge in [0.2, 0.25) is 0 Å². The van der Waals surface area contributed by atoms with Crippen molar-refractivity contribution in [2.45, 2.75) is 204 Å². The molecule has 3 saturated heterocycles. The summed E-state index contributed by atoms with van der Waals surface area (Å²) < 4.78 is 120. The maximum absolute atomic E-state index is 13.9. The Morgan fingerprint density at radius 3 is 1.49 bits per heavy atom. The maximum atomic E-state index is 13.9. The van der Waals surface area contributed by atoms with E-state index in [4.69, 9.17) is 38.0 Å². The molecule has 6 aromatic carbocycles. The first kappa shape index (κ1) is 109. The number of nitrogens with two attached hydrogens (primary N) is 1. The first-order valence-corrected chi connectivity index (χ1v) is 39.0. The van der Waals surface area contributed by atoms with Crippen molar-refractivity contribution < 1.29 is 106 Å². The fraction of sp³-hybridized carbons (Fsp3) is 0.446. The number of aliphatic hydroxyl groups excluding tert-OH is 1. The Labute approximate surface area is 742 Å². The van der Waals surface area contributed by atoms with Crippen molar-refractivity contribution in [3.8, 4) is 0 Å². The third kappa shape index (κ3) is 30.5. The second-order valence-corrected chi connectivity index (χ2v) is 29.7. The van der Waals surface area contributed by atoms with Gasteiger partial charge in [-0.05, 0) is 219 Å². The summed E-state index contributed by atoms with van der Waals surface area (Å²) in [5.41, 5.74) is 13.0. The van der Waals surface area contributed by atoms with Crippen LogP contribution in [-0.4, -0.2) is 188 Å². The Bertz CT molecular complexity index is 4730. The van der Waals surface area contributed by atoms with Gasteiger partial charge in [-0.2, -0.15) is 33.0 Å². The molecule has 6 unspecified atom stereocenters. The van der Waals surface area contributed by atoms with Gasteiger partial charge in [-0.25, -0.2) is 51.3 Å². The molecule has 0 spiro atoms. The number of aromatic amines is 1. The molecule has 0 radical (unpaired) electrons. The average molecular weight is 1840 g/mol. The summed E-state index contributed by atoms with van der Waals surface area (Å²) in [5.74, 6) is -1.89. The van der Waals surface area contributed by atoms with Crippen molar-refractivity contribution in [1.29, 1.82) is 0 Å². The molecule has 3 aliphatic rings. The van der Waals surface area contributed by atoms with Gasteiger partial charge in [-0.3, -0.25) is 24.1 Å². The van der Waals surface area contributed by atoms with E-state index in [1.54, 1.807) is 117 Å². The first-order valence-electron chi connectivity index (χ1n) is 37.1. The molecular weight excluding hydrogens is 1710 g/mol. The van der Waals surface area contributed by atoms with Crippen molar-refractivity contribution in [1.82, 2.24) is 49.6 Å². The molecule has 662 valence electrons. The SMILES string of the molecule is C.C[C@@H](OP)C(=O)N1CCOCC1.Cc1[c-]cc(F)c(C)c1.Cc1cc(C)c(C(=O)[C@@H](C)OP)cc1F.Cc1cc(C)c(C(O)(Cn2cncn2)[C@@H](C)OP)cc1F.Cc1cc(C)c(C2([C@@H](C)OP)CO2)cc1F.Cc1cc(C)c([C@@](O)(Cn2cncn2)[C@@H](C)O)cc1F.Cc1cc(C)c([C@]2(CN=CN=CN)O[C@H]2C)cc1F.[3HH].[3HH].[3HH].[3HH].[Br-].[Mg+2].c1nc[nH]n1. The number of ether oxygens (including phenoxy) is 3. The van der Waals surface area contributed by atoms with Gasteiger partial charge in [-0.1, -0.05) is 51.6 Å². The van der Waals surface area contributed by atoms with Crippen molar-refractivity contribution in [3.05, 3.63) is 246 Å². The number of epoxide rings is 2. The Balaban J connectivity index is -0.00000137.